The zero-order chi connectivity index (χ0) is 5.82. The fourth-order valence-corrected chi connectivity index (χ4v) is 1.20. The molecule has 1 rings (SSSR count). The van der Waals surface area contributed by atoms with E-state index in [4.69, 9.17) is 0 Å². The van der Waals surface area contributed by atoms with Crippen LogP contribution in [0, 0.1) is 6.42 Å². The third-order valence-corrected chi connectivity index (χ3v) is 1.62. The molecule has 1 heterocycles. The van der Waals surface area contributed by atoms with Crippen molar-refractivity contribution in [1.82, 2.24) is 5.32 Å². The van der Waals surface area contributed by atoms with Crippen LogP contribution in [-0.2, 0) is 0 Å². The summed E-state index contributed by atoms with van der Waals surface area (Å²) in [4.78, 5) is 0. The Balaban J connectivity index is 2.06. The molecule has 0 radical (unpaired) electrons. The maximum atomic E-state index is 3.40. The fourth-order valence-electron chi connectivity index (χ4n) is 1.20. The Bertz CT molecular complexity index is 55.4. The molecule has 0 spiro atoms. The number of nitrogens with one attached hydrogen (secondary N) is 1. The van der Waals surface area contributed by atoms with Gasteiger partial charge in [-0.15, -0.1) is 0 Å². The van der Waals surface area contributed by atoms with Gasteiger partial charge in [0.1, 0.15) is 6.04 Å². The average molecular weight is 112 g/mol. The zero-order valence-corrected chi connectivity index (χ0v) is 5.48. The summed E-state index contributed by atoms with van der Waals surface area (Å²) < 4.78 is 0. The van der Waals surface area contributed by atoms with E-state index in [-0.39, 0.29) is 0 Å². The highest BCUT2D eigenvalue weighted by molar-refractivity contribution is 4.85. The predicted octanol–water partition coefficient (Wildman–Crippen LogP) is 1.35. The van der Waals surface area contributed by atoms with E-state index >= 15 is 0 Å². The Morgan fingerprint density at radius 1 is 1.75 bits per heavy atom. The number of hydrogen-bond acceptors (Lipinski definition) is 1. The van der Waals surface area contributed by atoms with Gasteiger partial charge in [-0.3, -0.25) is 5.32 Å². The maximum Gasteiger partial charge on any atom is 0.149 e. The molecule has 1 nitrogen and oxygen atoms in total. The van der Waals surface area contributed by atoms with Gasteiger partial charge in [-0.1, -0.05) is 0 Å². The molecule has 0 aliphatic carbocycles. The normalized spacial score (nSPS) is 28.4. The summed E-state index contributed by atoms with van der Waals surface area (Å²) in [6.07, 6.45) is 6.28. The Morgan fingerprint density at radius 2 is 2.62 bits per heavy atom. The average Bonchev–Trinajstić information content (AvgIpc) is 2.19. The van der Waals surface area contributed by atoms with Crippen molar-refractivity contribution in [3.63, 3.8) is 0 Å². The third-order valence-electron chi connectivity index (χ3n) is 1.62. The molecule has 8 heavy (non-hydrogen) atoms. The summed E-state index contributed by atoms with van der Waals surface area (Å²) in [6.45, 7) is 3.42. The lowest BCUT2D eigenvalue weighted by molar-refractivity contribution is 0.661. The second-order valence-electron chi connectivity index (χ2n) is 2.35. The maximum absolute atomic E-state index is 3.40. The highest BCUT2D eigenvalue weighted by Crippen LogP contribution is 2.08. The molecule has 46 valence electrons. The first kappa shape index (κ1) is 5.96. The molecule has 1 unspecified atom stereocenters. The van der Waals surface area contributed by atoms with Crippen LogP contribution in [-0.4, -0.2) is 12.6 Å². The van der Waals surface area contributed by atoms with Gasteiger partial charge >= 0.3 is 0 Å². The second-order valence-corrected chi connectivity index (χ2v) is 2.35. The lowest BCUT2D eigenvalue weighted by Crippen LogP contribution is -2.20. The van der Waals surface area contributed by atoms with Crippen LogP contribution < -0.4 is 5.32 Å². The van der Waals surface area contributed by atoms with Crippen molar-refractivity contribution in [3.8, 4) is 0 Å². The van der Waals surface area contributed by atoms with Crippen molar-refractivity contribution in [3.05, 3.63) is 6.42 Å². The summed E-state index contributed by atoms with van der Waals surface area (Å²) in [6, 6.07) is 0.736. The van der Waals surface area contributed by atoms with Crippen LogP contribution in [0.1, 0.15) is 26.2 Å². The fraction of sp³-hybridized carbons (Fsp3) is 0.857. The van der Waals surface area contributed by atoms with Crippen molar-refractivity contribution < 1.29 is 0 Å². The minimum absolute atomic E-state index is 0.736. The van der Waals surface area contributed by atoms with Crippen molar-refractivity contribution >= 4 is 0 Å². The van der Waals surface area contributed by atoms with Crippen LogP contribution in [0.2, 0.25) is 0 Å². The van der Waals surface area contributed by atoms with E-state index in [1.165, 1.54) is 25.8 Å². The number of rotatable bonds is 2. The van der Waals surface area contributed by atoms with Crippen molar-refractivity contribution in [1.29, 1.82) is 0 Å². The quantitative estimate of drug-likeness (QED) is 0.532. The van der Waals surface area contributed by atoms with Crippen LogP contribution in [0.25, 0.3) is 0 Å². The van der Waals surface area contributed by atoms with Gasteiger partial charge < -0.3 is 0 Å². The first-order chi connectivity index (χ1) is 3.93. The van der Waals surface area contributed by atoms with Crippen LogP contribution in [0.4, 0.5) is 0 Å². The monoisotopic (exact) mass is 112 g/mol. The smallest absolute Gasteiger partial charge is 0.149 e. The van der Waals surface area contributed by atoms with Gasteiger partial charge in [0.25, 0.3) is 0 Å². The van der Waals surface area contributed by atoms with Crippen LogP contribution in [0.15, 0.2) is 0 Å². The minimum atomic E-state index is 0.736. The molecule has 1 aliphatic rings. The summed E-state index contributed by atoms with van der Waals surface area (Å²) in [5.41, 5.74) is 0. The highest BCUT2D eigenvalue weighted by Gasteiger charge is 2.19. The minimum Gasteiger partial charge on any atom is -0.277 e. The van der Waals surface area contributed by atoms with Gasteiger partial charge in [0, 0.05) is 6.42 Å². The first-order valence-corrected chi connectivity index (χ1v) is 3.50. The lowest BCUT2D eigenvalue weighted by Gasteiger charge is -1.95. The summed E-state index contributed by atoms with van der Waals surface area (Å²) >= 11 is 0. The van der Waals surface area contributed by atoms with Crippen molar-refractivity contribution in [2.45, 2.75) is 32.2 Å². The molecule has 0 amide bonds. The first-order valence-electron chi connectivity index (χ1n) is 3.50. The Kier molecular flexibility index (Phi) is 2.22. The topological polar surface area (TPSA) is 12.0 Å². The van der Waals surface area contributed by atoms with E-state index in [1.807, 2.05) is 0 Å². The molecular weight excluding hydrogens is 98.1 g/mol. The largest absolute Gasteiger partial charge is 0.277 e. The Hall–Kier alpha value is -0.170. The standard InChI is InChI=1S/C7H14N/c1-2-4-7-5-3-6-8-7/h4,7-8H,2-3,5-6H2,1H3/q+1. The van der Waals surface area contributed by atoms with Crippen molar-refractivity contribution in [2.24, 2.45) is 0 Å². The van der Waals surface area contributed by atoms with Gasteiger partial charge in [-0.25, -0.2) is 0 Å². The van der Waals surface area contributed by atoms with E-state index in [9.17, 15) is 0 Å². The molecule has 1 atom stereocenters. The van der Waals surface area contributed by atoms with Crippen LogP contribution in [0.5, 0.6) is 0 Å². The Morgan fingerprint density at radius 3 is 3.12 bits per heavy atom. The third kappa shape index (κ3) is 1.41. The van der Waals surface area contributed by atoms with Gasteiger partial charge in [0.15, 0.2) is 0 Å². The SMILES string of the molecule is CC[CH+]C1CCCN1. The van der Waals surface area contributed by atoms with E-state index in [0.29, 0.717) is 0 Å². The molecule has 0 aromatic carbocycles. The molecule has 0 saturated carbocycles. The molecule has 0 aromatic heterocycles. The zero-order valence-electron chi connectivity index (χ0n) is 5.48. The molecule has 1 aliphatic heterocycles. The van der Waals surface area contributed by atoms with Gasteiger partial charge in [-0.05, 0) is 19.9 Å². The second kappa shape index (κ2) is 2.98. The van der Waals surface area contributed by atoms with E-state index in [2.05, 4.69) is 18.7 Å². The molecule has 1 saturated heterocycles. The van der Waals surface area contributed by atoms with Crippen LogP contribution >= 0.6 is 0 Å². The van der Waals surface area contributed by atoms with Gasteiger partial charge in [0.05, 0.1) is 12.8 Å². The van der Waals surface area contributed by atoms with E-state index in [1.54, 1.807) is 0 Å². The van der Waals surface area contributed by atoms with Crippen molar-refractivity contribution in [2.75, 3.05) is 6.54 Å². The number of hydrogen-bond donors (Lipinski definition) is 1. The predicted molar refractivity (Wildman–Crippen MR) is 35.6 cm³/mol. The Labute approximate surface area is 51.5 Å². The molecule has 0 aromatic rings. The van der Waals surface area contributed by atoms with E-state index in [0.717, 1.165) is 6.04 Å². The summed E-state index contributed by atoms with van der Waals surface area (Å²) in [5.74, 6) is 0. The molecule has 1 fully saturated rings. The molecule has 1 N–H and O–H groups in total. The van der Waals surface area contributed by atoms with Crippen LogP contribution in [0.3, 0.4) is 0 Å². The lowest BCUT2D eigenvalue weighted by atomic mass is 10.1. The van der Waals surface area contributed by atoms with E-state index < -0.39 is 0 Å². The van der Waals surface area contributed by atoms with Gasteiger partial charge in [0.2, 0.25) is 0 Å². The summed E-state index contributed by atoms with van der Waals surface area (Å²) in [5, 5.41) is 3.40. The molecule has 1 heteroatoms. The summed E-state index contributed by atoms with van der Waals surface area (Å²) in [7, 11) is 0. The highest BCUT2D eigenvalue weighted by atomic mass is 14.9. The van der Waals surface area contributed by atoms with Gasteiger partial charge in [-0.2, -0.15) is 0 Å². The molecule has 0 bridgehead atoms. The molecular formula is C7H14N+.